The molecule has 0 bridgehead atoms. The minimum Gasteiger partial charge on any atom is -0.350 e. The molecule has 7 heteroatoms. The highest BCUT2D eigenvalue weighted by Crippen LogP contribution is 2.25. The molecule has 0 radical (unpaired) electrons. The van der Waals surface area contributed by atoms with Gasteiger partial charge in [0, 0.05) is 42.1 Å². The normalized spacial score (nSPS) is 12.4. The van der Waals surface area contributed by atoms with Crippen LogP contribution in [0.1, 0.15) is 31.3 Å². The lowest BCUT2D eigenvalue weighted by Gasteiger charge is -2.18. The summed E-state index contributed by atoms with van der Waals surface area (Å²) in [5, 5.41) is 8.21. The number of para-hydroxylation sites is 1. The summed E-state index contributed by atoms with van der Waals surface area (Å²) in [6, 6.07) is 11.3. The molecule has 3 aromatic heterocycles. The number of carbonyl (C=O) groups excluding carboxylic acids is 1. The molecule has 3 heterocycles. The first-order chi connectivity index (χ1) is 14.0. The van der Waals surface area contributed by atoms with E-state index in [1.54, 1.807) is 12.4 Å². The predicted octanol–water partition coefficient (Wildman–Crippen LogP) is 3.68. The molecule has 1 amide bonds. The molecule has 0 fully saturated rings. The average molecular weight is 389 g/mol. The molecule has 1 aromatic carbocycles. The molecule has 4 aromatic rings. The topological polar surface area (TPSA) is 85.8 Å². The molecule has 4 rings (SSSR count). The number of fused-ring (bicyclic) bond motifs is 1. The van der Waals surface area contributed by atoms with E-state index in [2.05, 4.69) is 20.4 Å². The van der Waals surface area contributed by atoms with Crippen molar-refractivity contribution in [1.29, 1.82) is 0 Å². The van der Waals surface area contributed by atoms with Crippen molar-refractivity contribution in [3.05, 3.63) is 66.4 Å². The Kier molecular flexibility index (Phi) is 5.12. The molecule has 1 N–H and O–H groups in total. The number of hydrogen-bond acceptors (Lipinski definition) is 5. The number of amides is 1. The SMILES string of the molecule is CC(C)C(NC(=O)Cc1cn(C)c2ccccc12)c1nc(-c2ccncc2)no1. The van der Waals surface area contributed by atoms with E-state index in [1.165, 1.54) is 0 Å². The summed E-state index contributed by atoms with van der Waals surface area (Å²) in [5.41, 5.74) is 2.92. The maximum Gasteiger partial charge on any atom is 0.249 e. The van der Waals surface area contributed by atoms with Crippen molar-refractivity contribution < 1.29 is 9.32 Å². The Balaban J connectivity index is 1.53. The van der Waals surface area contributed by atoms with Crippen LogP contribution in [0.3, 0.4) is 0 Å². The Morgan fingerprint density at radius 2 is 1.93 bits per heavy atom. The standard InChI is InChI=1S/C22H23N5O2/c1-14(2)20(22-25-21(26-29-22)15-8-10-23-11-9-15)24-19(28)12-16-13-27(3)18-7-5-4-6-17(16)18/h4-11,13-14,20H,12H2,1-3H3,(H,24,28). The van der Waals surface area contributed by atoms with E-state index in [1.807, 2.05) is 68.1 Å². The van der Waals surface area contributed by atoms with E-state index >= 15 is 0 Å². The molecule has 7 nitrogen and oxygen atoms in total. The first-order valence-corrected chi connectivity index (χ1v) is 9.59. The summed E-state index contributed by atoms with van der Waals surface area (Å²) in [7, 11) is 1.99. The maximum atomic E-state index is 12.8. The Morgan fingerprint density at radius 3 is 2.69 bits per heavy atom. The quantitative estimate of drug-likeness (QED) is 0.544. The monoisotopic (exact) mass is 389 g/mol. The molecular weight excluding hydrogens is 366 g/mol. The van der Waals surface area contributed by atoms with Gasteiger partial charge in [0.05, 0.1) is 6.42 Å². The van der Waals surface area contributed by atoms with Crippen LogP contribution in [0.2, 0.25) is 0 Å². The smallest absolute Gasteiger partial charge is 0.249 e. The fraction of sp³-hybridized carbons (Fsp3) is 0.273. The summed E-state index contributed by atoms with van der Waals surface area (Å²) < 4.78 is 7.51. The number of benzene rings is 1. The van der Waals surface area contributed by atoms with Crippen molar-refractivity contribution in [2.24, 2.45) is 13.0 Å². The van der Waals surface area contributed by atoms with Gasteiger partial charge in [-0.25, -0.2) is 0 Å². The number of nitrogens with zero attached hydrogens (tertiary/aromatic N) is 4. The van der Waals surface area contributed by atoms with Gasteiger partial charge in [-0.05, 0) is 29.7 Å². The second kappa shape index (κ2) is 7.87. The van der Waals surface area contributed by atoms with Gasteiger partial charge in [-0.3, -0.25) is 9.78 Å². The summed E-state index contributed by atoms with van der Waals surface area (Å²) in [5.74, 6) is 0.898. The fourth-order valence-electron chi connectivity index (χ4n) is 3.46. The first kappa shape index (κ1) is 18.9. The van der Waals surface area contributed by atoms with Gasteiger partial charge in [0.15, 0.2) is 0 Å². The first-order valence-electron chi connectivity index (χ1n) is 9.59. The highest BCUT2D eigenvalue weighted by molar-refractivity contribution is 5.89. The van der Waals surface area contributed by atoms with E-state index < -0.39 is 0 Å². The zero-order valence-electron chi connectivity index (χ0n) is 16.7. The van der Waals surface area contributed by atoms with Gasteiger partial charge >= 0.3 is 0 Å². The third-order valence-corrected chi connectivity index (χ3v) is 4.96. The van der Waals surface area contributed by atoms with Crippen molar-refractivity contribution in [2.45, 2.75) is 26.3 Å². The third kappa shape index (κ3) is 3.89. The Morgan fingerprint density at radius 1 is 1.17 bits per heavy atom. The van der Waals surface area contributed by atoms with Gasteiger partial charge < -0.3 is 14.4 Å². The number of aromatic nitrogens is 4. The van der Waals surface area contributed by atoms with Crippen LogP contribution < -0.4 is 5.32 Å². The summed E-state index contributed by atoms with van der Waals surface area (Å²) in [4.78, 5) is 21.3. The number of rotatable bonds is 6. The molecule has 0 spiro atoms. The number of pyridine rings is 1. The molecule has 0 saturated carbocycles. The van der Waals surface area contributed by atoms with Crippen LogP contribution in [0, 0.1) is 5.92 Å². The second-order valence-corrected chi connectivity index (χ2v) is 7.44. The number of aryl methyl sites for hydroxylation is 1. The Hall–Kier alpha value is -3.48. The van der Waals surface area contributed by atoms with Crippen molar-refractivity contribution in [3.63, 3.8) is 0 Å². The predicted molar refractivity (Wildman–Crippen MR) is 110 cm³/mol. The van der Waals surface area contributed by atoms with Gasteiger partial charge in [0.2, 0.25) is 17.6 Å². The van der Waals surface area contributed by atoms with Crippen LogP contribution in [0.15, 0.2) is 59.5 Å². The van der Waals surface area contributed by atoms with Crippen LogP contribution in [0.25, 0.3) is 22.3 Å². The lowest BCUT2D eigenvalue weighted by atomic mass is 10.0. The molecule has 0 aliphatic carbocycles. The third-order valence-electron chi connectivity index (χ3n) is 4.96. The number of nitrogens with one attached hydrogen (secondary N) is 1. The number of hydrogen-bond donors (Lipinski definition) is 1. The summed E-state index contributed by atoms with van der Waals surface area (Å²) >= 11 is 0. The lowest BCUT2D eigenvalue weighted by molar-refractivity contribution is -0.121. The van der Waals surface area contributed by atoms with E-state index in [0.717, 1.165) is 22.0 Å². The van der Waals surface area contributed by atoms with Gasteiger partial charge in [-0.2, -0.15) is 4.98 Å². The average Bonchev–Trinajstić information content (AvgIpc) is 3.32. The van der Waals surface area contributed by atoms with Crippen molar-refractivity contribution in [3.8, 4) is 11.4 Å². The Labute approximate surface area is 168 Å². The highest BCUT2D eigenvalue weighted by Gasteiger charge is 2.25. The van der Waals surface area contributed by atoms with Crippen molar-refractivity contribution in [1.82, 2.24) is 25.0 Å². The van der Waals surface area contributed by atoms with Crippen LogP contribution in [0.5, 0.6) is 0 Å². The zero-order chi connectivity index (χ0) is 20.4. The largest absolute Gasteiger partial charge is 0.350 e. The summed E-state index contributed by atoms with van der Waals surface area (Å²) in [6.07, 6.45) is 5.65. The molecule has 29 heavy (non-hydrogen) atoms. The fourth-order valence-corrected chi connectivity index (χ4v) is 3.46. The molecule has 1 atom stereocenters. The van der Waals surface area contributed by atoms with Crippen LogP contribution in [0.4, 0.5) is 0 Å². The van der Waals surface area contributed by atoms with Crippen molar-refractivity contribution >= 4 is 16.8 Å². The lowest BCUT2D eigenvalue weighted by Crippen LogP contribution is -2.33. The van der Waals surface area contributed by atoms with Gasteiger partial charge in [-0.1, -0.05) is 37.2 Å². The molecular formula is C22H23N5O2. The molecule has 0 saturated heterocycles. The van der Waals surface area contributed by atoms with E-state index in [4.69, 9.17) is 4.52 Å². The number of carbonyl (C=O) groups is 1. The van der Waals surface area contributed by atoms with Crippen LogP contribution in [-0.2, 0) is 18.3 Å². The minimum absolute atomic E-state index is 0.0799. The Bertz CT molecular complexity index is 1130. The second-order valence-electron chi connectivity index (χ2n) is 7.44. The molecule has 0 aliphatic heterocycles. The van der Waals surface area contributed by atoms with Gasteiger partial charge in [0.25, 0.3) is 0 Å². The van der Waals surface area contributed by atoms with E-state index in [0.29, 0.717) is 11.7 Å². The molecule has 148 valence electrons. The molecule has 0 aliphatic rings. The van der Waals surface area contributed by atoms with Crippen LogP contribution in [-0.4, -0.2) is 25.6 Å². The highest BCUT2D eigenvalue weighted by atomic mass is 16.5. The van der Waals surface area contributed by atoms with Crippen molar-refractivity contribution in [2.75, 3.05) is 0 Å². The minimum atomic E-state index is -0.361. The summed E-state index contributed by atoms with van der Waals surface area (Å²) in [6.45, 7) is 4.03. The molecule has 1 unspecified atom stereocenters. The van der Waals surface area contributed by atoms with Crippen LogP contribution >= 0.6 is 0 Å². The van der Waals surface area contributed by atoms with E-state index in [-0.39, 0.29) is 24.3 Å². The maximum absolute atomic E-state index is 12.8. The van der Waals surface area contributed by atoms with Gasteiger partial charge in [-0.15, -0.1) is 0 Å². The van der Waals surface area contributed by atoms with E-state index in [9.17, 15) is 4.79 Å². The zero-order valence-corrected chi connectivity index (χ0v) is 16.7. The van der Waals surface area contributed by atoms with Gasteiger partial charge in [0.1, 0.15) is 6.04 Å².